The van der Waals surface area contributed by atoms with Gasteiger partial charge in [-0.25, -0.2) is 0 Å². The Morgan fingerprint density at radius 2 is 2.00 bits per heavy atom. The molecule has 0 spiro atoms. The second-order valence-electron chi connectivity index (χ2n) is 5.09. The second kappa shape index (κ2) is 6.64. The number of rotatable bonds is 3. The van der Waals surface area contributed by atoms with Crippen LogP contribution in [0.1, 0.15) is 46.0 Å². The summed E-state index contributed by atoms with van der Waals surface area (Å²) in [7, 11) is 3.77. The molecule has 0 nitrogen and oxygen atoms in total. The zero-order valence-electron chi connectivity index (χ0n) is 10.1. The van der Waals surface area contributed by atoms with Crippen LogP contribution in [0, 0.1) is 5.41 Å². The Hall–Kier alpha value is 1.78. The van der Waals surface area contributed by atoms with Crippen molar-refractivity contribution < 1.29 is 0 Å². The van der Waals surface area contributed by atoms with Crippen molar-refractivity contribution in [1.82, 2.24) is 0 Å². The van der Waals surface area contributed by atoms with E-state index in [9.17, 15) is 0 Å². The molecule has 1 unspecified atom stereocenters. The third-order valence-electron chi connectivity index (χ3n) is 3.79. The lowest BCUT2D eigenvalue weighted by Crippen LogP contribution is -2.21. The number of hydrogen-bond acceptors (Lipinski definition) is 2. The molecule has 0 aromatic carbocycles. The third-order valence-corrected chi connectivity index (χ3v) is 15.9. The molecule has 1 fully saturated rings. The van der Waals surface area contributed by atoms with E-state index in [1.165, 1.54) is 43.6 Å². The van der Waals surface area contributed by atoms with Gasteiger partial charge in [-0.3, -0.25) is 0 Å². The molecule has 1 heterocycles. The molecule has 1 aliphatic heterocycles. The van der Waals surface area contributed by atoms with E-state index in [1.54, 1.807) is 0 Å². The van der Waals surface area contributed by atoms with E-state index in [0.29, 0.717) is 5.41 Å². The first-order chi connectivity index (χ1) is 7.04. The minimum Gasteiger partial charge on any atom is -0.185 e. The predicted octanol–water partition coefficient (Wildman–Crippen LogP) is 6.06. The lowest BCUT2D eigenvalue weighted by atomic mass is 9.80. The predicted molar refractivity (Wildman–Crippen MR) is 89.3 cm³/mol. The summed E-state index contributed by atoms with van der Waals surface area (Å²) in [6, 6.07) is 0. The van der Waals surface area contributed by atoms with Gasteiger partial charge in [0.15, 0.2) is 0 Å². The van der Waals surface area contributed by atoms with Crippen molar-refractivity contribution in [2.75, 3.05) is 17.8 Å². The lowest BCUT2D eigenvalue weighted by molar-refractivity contribution is 0.265. The van der Waals surface area contributed by atoms with Crippen LogP contribution in [-0.2, 0) is 0 Å². The van der Waals surface area contributed by atoms with Crippen LogP contribution in [0.25, 0.3) is 0 Å². The molecule has 0 aliphatic carbocycles. The van der Waals surface area contributed by atoms with E-state index >= 15 is 0 Å². The summed E-state index contributed by atoms with van der Waals surface area (Å²) in [6.45, 7) is 4.87. The highest BCUT2D eigenvalue weighted by atomic mass is 127. The topological polar surface area (TPSA) is 0 Å². The molecule has 0 amide bonds. The van der Waals surface area contributed by atoms with Gasteiger partial charge in [0.1, 0.15) is 0 Å². The second-order valence-corrected chi connectivity index (χ2v) is 16.2. The van der Waals surface area contributed by atoms with Gasteiger partial charge in [0.2, 0.25) is 0 Å². The monoisotopic (exact) mass is 378 g/mol. The van der Waals surface area contributed by atoms with E-state index in [0.717, 1.165) is 0 Å². The molecule has 0 saturated carbocycles. The van der Waals surface area contributed by atoms with Crippen molar-refractivity contribution in [2.45, 2.75) is 46.0 Å². The summed E-state index contributed by atoms with van der Waals surface area (Å²) in [4.78, 5) is 0. The standard InChI is InChI=1S/C11H23IS3/c1-4-11(2)7-5-6-9-15(3,10-8-11)14-13-12/h4-10H2,1-3H3/t11-/m1/s1. The van der Waals surface area contributed by atoms with E-state index < -0.39 is 0 Å². The fraction of sp³-hybridized carbons (Fsp3) is 1.00. The summed E-state index contributed by atoms with van der Waals surface area (Å²) in [6.07, 6.45) is 9.75. The van der Waals surface area contributed by atoms with E-state index in [2.05, 4.69) is 51.1 Å². The van der Waals surface area contributed by atoms with Gasteiger partial charge >= 0.3 is 0 Å². The van der Waals surface area contributed by atoms with Crippen LogP contribution in [0.2, 0.25) is 0 Å². The number of halogens is 1. The first kappa shape index (κ1) is 14.8. The minimum atomic E-state index is -0.359. The lowest BCUT2D eigenvalue weighted by Gasteiger charge is -2.40. The molecule has 0 radical (unpaired) electrons. The average Bonchev–Trinajstić information content (AvgIpc) is 2.21. The van der Waals surface area contributed by atoms with Gasteiger partial charge in [-0.15, -0.1) is 0 Å². The van der Waals surface area contributed by atoms with Crippen molar-refractivity contribution in [2.24, 2.45) is 5.41 Å². The molecule has 15 heavy (non-hydrogen) atoms. The first-order valence-corrected chi connectivity index (χ1v) is 13.3. The van der Waals surface area contributed by atoms with Crippen LogP contribution in [0.15, 0.2) is 0 Å². The summed E-state index contributed by atoms with van der Waals surface area (Å²) in [5.74, 6) is 2.98. The molecule has 1 aliphatic rings. The van der Waals surface area contributed by atoms with Crippen molar-refractivity contribution in [3.63, 3.8) is 0 Å². The Kier molecular flexibility index (Phi) is 6.57. The molecular formula is C11H23IS3. The molecule has 0 aromatic rings. The van der Waals surface area contributed by atoms with Crippen LogP contribution in [0.3, 0.4) is 0 Å². The van der Waals surface area contributed by atoms with Crippen LogP contribution in [0.5, 0.6) is 0 Å². The molecular weight excluding hydrogens is 355 g/mol. The third kappa shape index (κ3) is 4.88. The fourth-order valence-electron chi connectivity index (χ4n) is 2.13. The highest BCUT2D eigenvalue weighted by molar-refractivity contribution is 14.2. The van der Waals surface area contributed by atoms with Gasteiger partial charge in [-0.2, -0.15) is 9.06 Å². The largest absolute Gasteiger partial charge is 0.185 e. The zero-order valence-corrected chi connectivity index (χ0v) is 14.7. The Morgan fingerprint density at radius 1 is 1.27 bits per heavy atom. The quantitative estimate of drug-likeness (QED) is 0.433. The van der Waals surface area contributed by atoms with Gasteiger partial charge in [-0.1, -0.05) is 26.7 Å². The molecule has 2 atom stereocenters. The van der Waals surface area contributed by atoms with Gasteiger partial charge in [0, 0.05) is 21.2 Å². The Balaban J connectivity index is 2.58. The van der Waals surface area contributed by atoms with Crippen LogP contribution in [-0.4, -0.2) is 17.8 Å². The smallest absolute Gasteiger partial charge is 0.00938 e. The molecule has 92 valence electrons. The van der Waals surface area contributed by atoms with Crippen molar-refractivity contribution in [3.8, 4) is 0 Å². The number of hydrogen-bond donors (Lipinski definition) is 0. The van der Waals surface area contributed by atoms with Crippen molar-refractivity contribution in [3.05, 3.63) is 0 Å². The maximum Gasteiger partial charge on any atom is 0.00938 e. The maximum absolute atomic E-state index is 2.55. The average molecular weight is 378 g/mol. The first-order valence-electron chi connectivity index (χ1n) is 5.74. The summed E-state index contributed by atoms with van der Waals surface area (Å²) in [5.41, 5.74) is 0.644. The molecule has 0 aromatic heterocycles. The highest BCUT2D eigenvalue weighted by Crippen LogP contribution is 2.66. The fourth-order valence-corrected chi connectivity index (χ4v) is 17.6. The van der Waals surface area contributed by atoms with Crippen LogP contribution < -0.4 is 0 Å². The normalized spacial score (nSPS) is 42.7. The van der Waals surface area contributed by atoms with Gasteiger partial charge in [0.25, 0.3) is 0 Å². The Bertz CT molecular complexity index is 200. The molecule has 0 bridgehead atoms. The van der Waals surface area contributed by atoms with Gasteiger partial charge < -0.3 is 0 Å². The summed E-state index contributed by atoms with van der Waals surface area (Å²) < 4.78 is 0. The van der Waals surface area contributed by atoms with Crippen LogP contribution >= 0.6 is 48.1 Å². The molecule has 4 heteroatoms. The Labute approximate surface area is 116 Å². The molecule has 1 rings (SSSR count). The highest BCUT2D eigenvalue weighted by Gasteiger charge is 2.29. The van der Waals surface area contributed by atoms with E-state index in [1.807, 2.05) is 7.97 Å². The SMILES string of the molecule is CC[C@]1(C)CCCCS(C)(SSI)CC1. The maximum atomic E-state index is 2.55. The molecule has 0 N–H and O–H groups in total. The van der Waals surface area contributed by atoms with Crippen LogP contribution in [0.4, 0.5) is 0 Å². The van der Waals surface area contributed by atoms with E-state index in [4.69, 9.17) is 0 Å². The summed E-state index contributed by atoms with van der Waals surface area (Å²) >= 11 is 2.44. The summed E-state index contributed by atoms with van der Waals surface area (Å²) in [5, 5.41) is 0. The minimum absolute atomic E-state index is 0.359. The van der Waals surface area contributed by atoms with Gasteiger partial charge in [-0.05, 0) is 60.2 Å². The Morgan fingerprint density at radius 3 is 2.60 bits per heavy atom. The van der Waals surface area contributed by atoms with Crippen molar-refractivity contribution in [1.29, 1.82) is 0 Å². The zero-order chi connectivity index (χ0) is 11.4. The van der Waals surface area contributed by atoms with E-state index in [-0.39, 0.29) is 9.06 Å². The molecule has 1 saturated heterocycles. The van der Waals surface area contributed by atoms with Crippen molar-refractivity contribution >= 4 is 48.1 Å². The van der Waals surface area contributed by atoms with Gasteiger partial charge in [0.05, 0.1) is 0 Å².